The van der Waals surface area contributed by atoms with Crippen LogP contribution in [0.1, 0.15) is 105 Å². The molecular weight excluding hydrogens is 366 g/mol. The van der Waals surface area contributed by atoms with Crippen LogP contribution in [0.4, 0.5) is 0 Å². The third kappa shape index (κ3) is 3.89. The summed E-state index contributed by atoms with van der Waals surface area (Å²) in [7, 11) is 0. The summed E-state index contributed by atoms with van der Waals surface area (Å²) in [5.74, 6) is 5.78. The average molecular weight is 416 g/mol. The predicted octanol–water partition coefficient (Wildman–Crippen LogP) is 7.50. The van der Waals surface area contributed by atoms with Crippen LogP contribution in [0.5, 0.6) is 0 Å². The van der Waals surface area contributed by atoms with Crippen LogP contribution in [0.2, 0.25) is 0 Å². The second kappa shape index (κ2) is 8.45. The van der Waals surface area contributed by atoms with E-state index in [-0.39, 0.29) is 0 Å². The average Bonchev–Trinajstić information content (AvgIpc) is 3.03. The number of nitrogens with one attached hydrogen (secondary N) is 1. The van der Waals surface area contributed by atoms with Crippen molar-refractivity contribution in [1.82, 2.24) is 5.32 Å². The van der Waals surface area contributed by atoms with Crippen molar-refractivity contribution in [1.29, 1.82) is 0 Å². The molecule has 1 unspecified atom stereocenters. The van der Waals surface area contributed by atoms with Crippen LogP contribution >= 0.6 is 0 Å². The first kappa shape index (κ1) is 22.7. The van der Waals surface area contributed by atoms with Gasteiger partial charge < -0.3 is 10.4 Å². The van der Waals surface area contributed by atoms with E-state index in [0.717, 1.165) is 48.5 Å². The Balaban J connectivity index is 1.46. The van der Waals surface area contributed by atoms with Crippen LogP contribution in [-0.4, -0.2) is 17.2 Å². The minimum Gasteiger partial charge on any atom is -0.513 e. The van der Waals surface area contributed by atoms with E-state index in [1.54, 1.807) is 0 Å². The summed E-state index contributed by atoms with van der Waals surface area (Å²) in [5, 5.41) is 13.5. The van der Waals surface area contributed by atoms with Gasteiger partial charge >= 0.3 is 0 Å². The molecule has 0 aliphatic heterocycles. The van der Waals surface area contributed by atoms with E-state index in [1.165, 1.54) is 57.8 Å². The van der Waals surface area contributed by atoms with Crippen molar-refractivity contribution >= 4 is 0 Å². The highest BCUT2D eigenvalue weighted by molar-refractivity contribution is 5.10. The van der Waals surface area contributed by atoms with Gasteiger partial charge in [0.1, 0.15) is 0 Å². The molecular formula is C28H49NO. The molecule has 9 atom stereocenters. The fourth-order valence-corrected chi connectivity index (χ4v) is 9.45. The summed E-state index contributed by atoms with van der Waals surface area (Å²) in [6.45, 7) is 16.1. The van der Waals surface area contributed by atoms with Crippen molar-refractivity contribution in [3.63, 3.8) is 0 Å². The van der Waals surface area contributed by atoms with E-state index in [9.17, 15) is 5.11 Å². The standard InChI is InChI=1S/C28H49NO/c1-18(2)29-22-13-15-27(5)21(17-22)9-10-23-25-12-11-24(19(3)7-8-20(4)30)28(25,6)16-14-26(23)27/h18-19,21-26,29-30H,4,7-17H2,1-3,5-6H3/t19-,21-,22?,23+,24-,25+,26+,27+,28-/m1/s1. The van der Waals surface area contributed by atoms with E-state index in [0.29, 0.717) is 28.5 Å². The van der Waals surface area contributed by atoms with Gasteiger partial charge in [0.25, 0.3) is 0 Å². The van der Waals surface area contributed by atoms with Crippen molar-refractivity contribution in [3.05, 3.63) is 12.3 Å². The molecule has 4 aliphatic carbocycles. The Labute approximate surface area is 186 Å². The van der Waals surface area contributed by atoms with Crippen LogP contribution in [0, 0.1) is 46.3 Å². The summed E-state index contributed by atoms with van der Waals surface area (Å²) in [6.07, 6.45) is 14.9. The first-order valence-corrected chi connectivity index (χ1v) is 13.3. The van der Waals surface area contributed by atoms with Crippen LogP contribution < -0.4 is 5.32 Å². The highest BCUT2D eigenvalue weighted by atomic mass is 16.3. The van der Waals surface area contributed by atoms with Gasteiger partial charge in [-0.15, -0.1) is 0 Å². The van der Waals surface area contributed by atoms with Crippen LogP contribution in [0.25, 0.3) is 0 Å². The SMILES string of the molecule is C=C(O)CC[C@@H](C)[C@H]1CC[C@H]2[C@@H]3CC[C@@H]4CC(NC(C)C)CC[C@]4(C)[C@H]3CC[C@]12C. The minimum atomic E-state index is 0.374. The summed E-state index contributed by atoms with van der Waals surface area (Å²) >= 11 is 0. The van der Waals surface area contributed by atoms with Crippen molar-refractivity contribution in [2.24, 2.45) is 46.3 Å². The largest absolute Gasteiger partial charge is 0.513 e. The van der Waals surface area contributed by atoms with Gasteiger partial charge in [-0.3, -0.25) is 0 Å². The fraction of sp³-hybridized carbons (Fsp3) is 0.929. The Kier molecular flexibility index (Phi) is 6.39. The second-order valence-electron chi connectivity index (χ2n) is 12.8. The van der Waals surface area contributed by atoms with E-state index in [2.05, 4.69) is 46.5 Å². The van der Waals surface area contributed by atoms with Gasteiger partial charge in [0.05, 0.1) is 5.76 Å². The Morgan fingerprint density at radius 1 is 0.967 bits per heavy atom. The van der Waals surface area contributed by atoms with Crippen LogP contribution in [0.3, 0.4) is 0 Å². The van der Waals surface area contributed by atoms with Gasteiger partial charge in [0, 0.05) is 18.5 Å². The number of fused-ring (bicyclic) bond motifs is 5. The summed E-state index contributed by atoms with van der Waals surface area (Å²) < 4.78 is 0. The molecule has 4 aliphatic rings. The Morgan fingerprint density at radius 3 is 2.37 bits per heavy atom. The number of hydrogen-bond acceptors (Lipinski definition) is 2. The molecule has 0 heterocycles. The lowest BCUT2D eigenvalue weighted by Gasteiger charge is -2.61. The molecule has 0 aromatic heterocycles. The van der Waals surface area contributed by atoms with E-state index >= 15 is 0 Å². The lowest BCUT2D eigenvalue weighted by molar-refractivity contribution is -0.118. The number of allylic oxidation sites excluding steroid dienone is 1. The smallest absolute Gasteiger partial charge is 0.0851 e. The van der Waals surface area contributed by atoms with E-state index < -0.39 is 0 Å². The van der Waals surface area contributed by atoms with Gasteiger partial charge in [0.2, 0.25) is 0 Å². The van der Waals surface area contributed by atoms with E-state index in [4.69, 9.17) is 0 Å². The van der Waals surface area contributed by atoms with Gasteiger partial charge in [-0.2, -0.15) is 0 Å². The molecule has 0 aromatic rings. The maximum absolute atomic E-state index is 9.60. The maximum atomic E-state index is 9.60. The molecule has 0 spiro atoms. The lowest BCUT2D eigenvalue weighted by Crippen LogP contribution is -2.55. The van der Waals surface area contributed by atoms with E-state index in [1.807, 2.05) is 0 Å². The van der Waals surface area contributed by atoms with Crippen LogP contribution in [0.15, 0.2) is 12.3 Å². The summed E-state index contributed by atoms with van der Waals surface area (Å²) in [4.78, 5) is 0. The molecule has 2 nitrogen and oxygen atoms in total. The third-order valence-corrected chi connectivity index (χ3v) is 10.9. The number of rotatable bonds is 6. The summed E-state index contributed by atoms with van der Waals surface area (Å²) in [6, 6.07) is 1.37. The highest BCUT2D eigenvalue weighted by Crippen LogP contribution is 2.68. The quantitative estimate of drug-likeness (QED) is 0.440. The van der Waals surface area contributed by atoms with Crippen molar-refractivity contribution < 1.29 is 5.11 Å². The molecule has 30 heavy (non-hydrogen) atoms. The molecule has 0 amide bonds. The molecule has 172 valence electrons. The Bertz CT molecular complexity index is 628. The molecule has 2 N–H and O–H groups in total. The molecule has 4 saturated carbocycles. The molecule has 0 saturated heterocycles. The molecule has 0 radical (unpaired) electrons. The molecule has 0 bridgehead atoms. The number of hydrogen-bond donors (Lipinski definition) is 2. The van der Waals surface area contributed by atoms with Crippen molar-refractivity contribution in [3.8, 4) is 0 Å². The zero-order chi connectivity index (χ0) is 21.7. The molecule has 4 fully saturated rings. The first-order valence-electron chi connectivity index (χ1n) is 13.3. The van der Waals surface area contributed by atoms with Gasteiger partial charge in [-0.1, -0.05) is 41.2 Å². The monoisotopic (exact) mass is 415 g/mol. The maximum Gasteiger partial charge on any atom is 0.0851 e. The van der Waals surface area contributed by atoms with Crippen molar-refractivity contribution in [2.45, 2.75) is 117 Å². The molecule has 4 rings (SSSR count). The predicted molar refractivity (Wildman–Crippen MR) is 127 cm³/mol. The fourth-order valence-electron chi connectivity index (χ4n) is 9.45. The zero-order valence-electron chi connectivity index (χ0n) is 20.6. The Hall–Kier alpha value is -0.500. The van der Waals surface area contributed by atoms with Crippen molar-refractivity contribution in [2.75, 3.05) is 0 Å². The van der Waals surface area contributed by atoms with Gasteiger partial charge in [-0.25, -0.2) is 0 Å². The normalized spacial score (nSPS) is 46.7. The summed E-state index contributed by atoms with van der Waals surface area (Å²) in [5.41, 5.74) is 1.13. The van der Waals surface area contributed by atoms with Crippen LogP contribution in [-0.2, 0) is 0 Å². The minimum absolute atomic E-state index is 0.374. The first-order chi connectivity index (χ1) is 14.1. The second-order valence-corrected chi connectivity index (χ2v) is 12.8. The van der Waals surface area contributed by atoms with Gasteiger partial charge in [0.15, 0.2) is 0 Å². The molecule has 0 aromatic carbocycles. The lowest BCUT2D eigenvalue weighted by atomic mass is 9.44. The highest BCUT2D eigenvalue weighted by Gasteiger charge is 2.60. The Morgan fingerprint density at radius 2 is 1.67 bits per heavy atom. The topological polar surface area (TPSA) is 32.3 Å². The molecule has 2 heteroatoms. The number of aliphatic hydroxyl groups is 1. The zero-order valence-corrected chi connectivity index (χ0v) is 20.6. The van der Waals surface area contributed by atoms with Gasteiger partial charge in [-0.05, 0) is 111 Å². The number of aliphatic hydroxyl groups excluding tert-OH is 1. The third-order valence-electron chi connectivity index (χ3n) is 10.9.